The maximum absolute atomic E-state index is 4.72. The zero-order valence-corrected chi connectivity index (χ0v) is 18.2. The summed E-state index contributed by atoms with van der Waals surface area (Å²) in [6, 6.07) is 4.28. The van der Waals surface area contributed by atoms with Crippen LogP contribution in [-0.2, 0) is 0 Å². The molecule has 0 bridgehead atoms. The average Bonchev–Trinajstić information content (AvgIpc) is 2.64. The minimum atomic E-state index is 0.0865. The third-order valence-corrected chi connectivity index (χ3v) is 6.47. The number of allylic oxidation sites excluding steroid dienone is 5. The van der Waals surface area contributed by atoms with E-state index in [0.717, 1.165) is 24.3 Å². The molecule has 1 aromatic rings. The van der Waals surface area contributed by atoms with E-state index in [-0.39, 0.29) is 5.41 Å². The van der Waals surface area contributed by atoms with Gasteiger partial charge in [0.15, 0.2) is 0 Å². The summed E-state index contributed by atoms with van der Waals surface area (Å²) in [5, 5.41) is 6.68. The Balaban J connectivity index is 2.55. The van der Waals surface area contributed by atoms with E-state index in [0.29, 0.717) is 0 Å². The largest absolute Gasteiger partial charge is 0.390 e. The highest BCUT2D eigenvalue weighted by molar-refractivity contribution is 8.17. The molecule has 0 saturated carbocycles. The molecule has 0 fully saturated rings. The molecule has 1 heterocycles. The Morgan fingerprint density at radius 1 is 1.23 bits per heavy atom. The van der Waals surface area contributed by atoms with Crippen molar-refractivity contribution in [2.24, 2.45) is 5.41 Å². The Morgan fingerprint density at radius 3 is 2.46 bits per heavy atom. The van der Waals surface area contributed by atoms with Gasteiger partial charge in [0.25, 0.3) is 0 Å². The van der Waals surface area contributed by atoms with Crippen molar-refractivity contribution in [2.75, 3.05) is 36.9 Å². The van der Waals surface area contributed by atoms with Crippen LogP contribution in [0.15, 0.2) is 47.8 Å². The van der Waals surface area contributed by atoms with E-state index in [4.69, 9.17) is 4.98 Å². The second kappa shape index (κ2) is 9.53. The van der Waals surface area contributed by atoms with E-state index >= 15 is 0 Å². The topological polar surface area (TPSA) is 40.2 Å². The van der Waals surface area contributed by atoms with Gasteiger partial charge in [-0.3, -0.25) is 0 Å². The number of rotatable bonds is 8. The van der Waals surface area contributed by atoms with Gasteiger partial charge in [0.2, 0.25) is 0 Å². The van der Waals surface area contributed by atoms with Crippen LogP contribution in [0.1, 0.15) is 25.8 Å². The lowest BCUT2D eigenvalue weighted by atomic mass is 9.73. The van der Waals surface area contributed by atoms with Crippen molar-refractivity contribution in [3.8, 4) is 0 Å². The van der Waals surface area contributed by atoms with Crippen LogP contribution in [0.25, 0.3) is 5.57 Å². The number of nitrogens with zero attached hydrogens (tertiary/aromatic N) is 2. The van der Waals surface area contributed by atoms with E-state index in [9.17, 15) is 0 Å². The van der Waals surface area contributed by atoms with Crippen LogP contribution in [-0.4, -0.2) is 38.1 Å². The number of nitrogens with one attached hydrogen (secondary N) is 2. The zero-order valence-electron chi connectivity index (χ0n) is 16.6. The van der Waals surface area contributed by atoms with E-state index in [2.05, 4.69) is 71.1 Å². The summed E-state index contributed by atoms with van der Waals surface area (Å²) in [5.41, 5.74) is 5.01. The van der Waals surface area contributed by atoms with Gasteiger partial charge in [0, 0.05) is 49.1 Å². The van der Waals surface area contributed by atoms with E-state index in [1.54, 1.807) is 23.9 Å². The third kappa shape index (κ3) is 4.67. The Labute approximate surface area is 166 Å². The SMILES string of the molecule is CNC/C(NC)=C(/C1=CC=CCC1(C)C)c1ccc(N(SC)SC)nc1. The highest BCUT2D eigenvalue weighted by Crippen LogP contribution is 2.43. The molecule has 0 aromatic carbocycles. The summed E-state index contributed by atoms with van der Waals surface area (Å²) in [5.74, 6) is 0.963. The lowest BCUT2D eigenvalue weighted by Crippen LogP contribution is -2.25. The molecule has 0 spiro atoms. The van der Waals surface area contributed by atoms with Crippen LogP contribution in [0, 0.1) is 5.41 Å². The number of anilines is 1. The summed E-state index contributed by atoms with van der Waals surface area (Å²) in [7, 11) is 3.97. The lowest BCUT2D eigenvalue weighted by molar-refractivity contribution is 0.462. The van der Waals surface area contributed by atoms with Crippen molar-refractivity contribution in [2.45, 2.75) is 20.3 Å². The fraction of sp³-hybridized carbons (Fsp3) is 0.450. The molecule has 6 heteroatoms. The normalized spacial score (nSPS) is 16.8. The van der Waals surface area contributed by atoms with Crippen LogP contribution >= 0.6 is 23.9 Å². The van der Waals surface area contributed by atoms with Crippen LogP contribution in [0.3, 0.4) is 0 Å². The molecular formula is C20H30N4S2. The smallest absolute Gasteiger partial charge is 0.148 e. The first-order valence-electron chi connectivity index (χ1n) is 8.76. The van der Waals surface area contributed by atoms with Gasteiger partial charge in [0.05, 0.1) is 0 Å². The number of pyridine rings is 1. The maximum Gasteiger partial charge on any atom is 0.148 e. The van der Waals surface area contributed by atoms with Gasteiger partial charge < -0.3 is 10.6 Å². The molecule has 2 N–H and O–H groups in total. The summed E-state index contributed by atoms with van der Waals surface area (Å²) in [6.07, 6.45) is 13.8. The fourth-order valence-electron chi connectivity index (χ4n) is 3.16. The van der Waals surface area contributed by atoms with Crippen molar-refractivity contribution in [3.63, 3.8) is 0 Å². The molecule has 0 atom stereocenters. The van der Waals surface area contributed by atoms with Gasteiger partial charge in [-0.05, 0) is 60.5 Å². The summed E-state index contributed by atoms with van der Waals surface area (Å²) in [6.45, 7) is 5.40. The number of aromatic nitrogens is 1. The van der Waals surface area contributed by atoms with Gasteiger partial charge in [-0.1, -0.05) is 32.1 Å². The van der Waals surface area contributed by atoms with Gasteiger partial charge >= 0.3 is 0 Å². The average molecular weight is 391 g/mol. The number of likely N-dealkylation sites (N-methyl/N-ethyl adjacent to an activating group) is 2. The number of hydrogen-bond acceptors (Lipinski definition) is 6. The molecule has 0 radical (unpaired) electrons. The lowest BCUT2D eigenvalue weighted by Gasteiger charge is -2.32. The fourth-order valence-corrected chi connectivity index (χ4v) is 4.34. The van der Waals surface area contributed by atoms with E-state index in [1.165, 1.54) is 16.8 Å². The molecule has 0 amide bonds. The molecule has 1 aromatic heterocycles. The van der Waals surface area contributed by atoms with Crippen molar-refractivity contribution >= 4 is 35.3 Å². The first kappa shape index (κ1) is 20.9. The van der Waals surface area contributed by atoms with Crippen molar-refractivity contribution < 1.29 is 0 Å². The first-order chi connectivity index (χ1) is 12.5. The Kier molecular flexibility index (Phi) is 7.68. The van der Waals surface area contributed by atoms with Crippen LogP contribution in [0.2, 0.25) is 0 Å². The van der Waals surface area contributed by atoms with Crippen molar-refractivity contribution in [1.29, 1.82) is 0 Å². The quantitative estimate of drug-likeness (QED) is 0.637. The van der Waals surface area contributed by atoms with E-state index in [1.807, 2.05) is 20.3 Å². The molecule has 0 saturated heterocycles. The monoisotopic (exact) mass is 390 g/mol. The highest BCUT2D eigenvalue weighted by Gasteiger charge is 2.29. The Morgan fingerprint density at radius 2 is 1.96 bits per heavy atom. The molecule has 0 unspecified atom stereocenters. The molecule has 26 heavy (non-hydrogen) atoms. The molecule has 2 rings (SSSR count). The molecule has 1 aliphatic carbocycles. The number of hydrogen-bond donors (Lipinski definition) is 2. The van der Waals surface area contributed by atoms with Gasteiger partial charge in [-0.15, -0.1) is 0 Å². The molecular weight excluding hydrogens is 360 g/mol. The minimum Gasteiger partial charge on any atom is -0.390 e. The predicted molar refractivity (Wildman–Crippen MR) is 119 cm³/mol. The summed E-state index contributed by atoms with van der Waals surface area (Å²) in [4.78, 5) is 4.72. The predicted octanol–water partition coefficient (Wildman–Crippen LogP) is 4.51. The second-order valence-electron chi connectivity index (χ2n) is 6.76. The standard InChI is InChI=1S/C20H30N4S2/c1-20(2)12-8-7-9-16(20)19(17(22-4)14-21-3)15-10-11-18(23-13-15)24(25-5)26-6/h7-11,13,21-22H,12,14H2,1-6H3/b19-17-. The second-order valence-corrected chi connectivity index (χ2v) is 8.45. The Hall–Kier alpha value is -1.37. The Bertz CT molecular complexity index is 686. The van der Waals surface area contributed by atoms with Crippen LogP contribution in [0.5, 0.6) is 0 Å². The van der Waals surface area contributed by atoms with Crippen LogP contribution < -0.4 is 14.3 Å². The highest BCUT2D eigenvalue weighted by atomic mass is 32.2. The zero-order chi connectivity index (χ0) is 19.2. The van der Waals surface area contributed by atoms with Gasteiger partial charge in [0.1, 0.15) is 5.82 Å². The van der Waals surface area contributed by atoms with E-state index < -0.39 is 0 Å². The summed E-state index contributed by atoms with van der Waals surface area (Å²) >= 11 is 3.33. The van der Waals surface area contributed by atoms with Crippen LogP contribution in [0.4, 0.5) is 5.82 Å². The van der Waals surface area contributed by atoms with Gasteiger partial charge in [-0.25, -0.2) is 8.69 Å². The summed E-state index contributed by atoms with van der Waals surface area (Å²) < 4.78 is 2.10. The molecule has 0 aliphatic heterocycles. The van der Waals surface area contributed by atoms with Crippen molar-refractivity contribution in [1.82, 2.24) is 15.6 Å². The van der Waals surface area contributed by atoms with Crippen molar-refractivity contribution in [3.05, 3.63) is 53.4 Å². The third-order valence-electron chi connectivity index (χ3n) is 4.54. The first-order valence-corrected chi connectivity index (χ1v) is 11.1. The maximum atomic E-state index is 4.72. The minimum absolute atomic E-state index is 0.0865. The molecule has 1 aliphatic rings. The molecule has 142 valence electrons. The molecule has 4 nitrogen and oxygen atoms in total. The van der Waals surface area contributed by atoms with Gasteiger partial charge in [-0.2, -0.15) is 0 Å².